The minimum absolute atomic E-state index is 0.681. The number of anilines is 1. The minimum atomic E-state index is 0.681. The van der Waals surface area contributed by atoms with E-state index in [2.05, 4.69) is 43.5 Å². The first-order chi connectivity index (χ1) is 10.5. The number of hydrogen-bond donors (Lipinski definition) is 2. The van der Waals surface area contributed by atoms with E-state index in [4.69, 9.17) is 0 Å². The second-order valence-corrected chi connectivity index (χ2v) is 6.31. The summed E-state index contributed by atoms with van der Waals surface area (Å²) in [4.78, 5) is 12.0. The summed E-state index contributed by atoms with van der Waals surface area (Å²) in [5, 5.41) is 8.78. The average molecular weight is 320 g/mol. The maximum atomic E-state index is 4.41. The van der Waals surface area contributed by atoms with Gasteiger partial charge in [0, 0.05) is 33.1 Å². The summed E-state index contributed by atoms with van der Waals surface area (Å²) in [6.07, 6.45) is 1.89. The van der Waals surface area contributed by atoms with E-state index in [0.29, 0.717) is 6.54 Å². The third-order valence-electron chi connectivity index (χ3n) is 3.50. The largest absolute Gasteiger partial charge is 0.352 e. The van der Waals surface area contributed by atoms with Crippen molar-refractivity contribution in [2.24, 2.45) is 12.0 Å². The fourth-order valence-electron chi connectivity index (χ4n) is 2.16. The van der Waals surface area contributed by atoms with Gasteiger partial charge in [-0.3, -0.25) is 4.99 Å². The molecule has 0 aliphatic carbocycles. The smallest absolute Gasteiger partial charge is 0.204 e. The number of nitrogens with zero attached hydrogens (tertiary/aromatic N) is 4. The van der Waals surface area contributed by atoms with Crippen LogP contribution >= 0.6 is 11.3 Å². The number of hydrogen-bond acceptors (Lipinski definition) is 4. The summed E-state index contributed by atoms with van der Waals surface area (Å²) < 4.78 is 2.07. The lowest BCUT2D eigenvalue weighted by Gasteiger charge is -2.14. The number of aliphatic imine (C=N–C) groups is 1. The maximum Gasteiger partial charge on any atom is 0.204 e. The predicted molar refractivity (Wildman–Crippen MR) is 93.6 cm³/mol. The molecule has 2 aromatic rings. The van der Waals surface area contributed by atoms with Gasteiger partial charge in [0.2, 0.25) is 5.95 Å². The molecule has 6 nitrogen and oxygen atoms in total. The van der Waals surface area contributed by atoms with E-state index in [0.717, 1.165) is 24.1 Å². The molecule has 2 heterocycles. The van der Waals surface area contributed by atoms with Crippen molar-refractivity contribution in [2.75, 3.05) is 26.0 Å². The van der Waals surface area contributed by atoms with E-state index in [-0.39, 0.29) is 0 Å². The van der Waals surface area contributed by atoms with Gasteiger partial charge in [0.15, 0.2) is 5.96 Å². The van der Waals surface area contributed by atoms with Crippen LogP contribution in [0.25, 0.3) is 0 Å². The topological polar surface area (TPSA) is 57.5 Å². The number of rotatable bonds is 5. The number of thiophene rings is 1. The van der Waals surface area contributed by atoms with Gasteiger partial charge in [0.25, 0.3) is 0 Å². The van der Waals surface area contributed by atoms with E-state index < -0.39 is 0 Å². The summed E-state index contributed by atoms with van der Waals surface area (Å²) in [6, 6.07) is 2.14. The van der Waals surface area contributed by atoms with Gasteiger partial charge in [-0.15, -0.1) is 11.3 Å². The fraction of sp³-hybridized carbons (Fsp3) is 0.467. The summed E-state index contributed by atoms with van der Waals surface area (Å²) in [6.45, 7) is 3.60. The van der Waals surface area contributed by atoms with Crippen LogP contribution in [0.1, 0.15) is 16.1 Å². The number of aryl methyl sites for hydroxylation is 1. The van der Waals surface area contributed by atoms with Gasteiger partial charge >= 0.3 is 0 Å². The number of aromatic nitrogens is 2. The van der Waals surface area contributed by atoms with Gasteiger partial charge in [-0.1, -0.05) is 0 Å². The van der Waals surface area contributed by atoms with E-state index in [9.17, 15) is 0 Å². The molecule has 0 bridgehead atoms. The maximum absolute atomic E-state index is 4.41. The molecule has 0 saturated heterocycles. The fourth-order valence-corrected chi connectivity index (χ4v) is 3.00. The van der Waals surface area contributed by atoms with Crippen LogP contribution in [0.15, 0.2) is 22.6 Å². The molecule has 0 aliphatic rings. The zero-order valence-corrected chi connectivity index (χ0v) is 14.7. The molecule has 0 atom stereocenters. The van der Waals surface area contributed by atoms with Crippen molar-refractivity contribution in [3.05, 3.63) is 33.8 Å². The molecule has 22 heavy (non-hydrogen) atoms. The lowest BCUT2D eigenvalue weighted by Crippen LogP contribution is -2.36. The molecule has 0 aliphatic heterocycles. The first kappa shape index (κ1) is 16.4. The van der Waals surface area contributed by atoms with Gasteiger partial charge in [-0.25, -0.2) is 4.98 Å². The number of imidazole rings is 1. The van der Waals surface area contributed by atoms with Crippen LogP contribution in [-0.4, -0.2) is 36.7 Å². The molecule has 2 aromatic heterocycles. The molecule has 2 N–H and O–H groups in total. The van der Waals surface area contributed by atoms with Crippen LogP contribution in [0.2, 0.25) is 0 Å². The Labute approximate surface area is 135 Å². The van der Waals surface area contributed by atoms with Crippen molar-refractivity contribution in [1.82, 2.24) is 20.2 Å². The molecule has 0 saturated carbocycles. The van der Waals surface area contributed by atoms with Gasteiger partial charge < -0.3 is 20.1 Å². The molecule has 0 unspecified atom stereocenters. The Balaban J connectivity index is 1.90. The van der Waals surface area contributed by atoms with Crippen LogP contribution in [0.5, 0.6) is 0 Å². The molecule has 0 spiro atoms. The lowest BCUT2D eigenvalue weighted by atomic mass is 10.3. The Bertz CT molecular complexity index is 640. The summed E-state index contributed by atoms with van der Waals surface area (Å²) in [5.41, 5.74) is 2.43. The van der Waals surface area contributed by atoms with E-state index in [1.807, 2.05) is 32.2 Å². The quantitative estimate of drug-likeness (QED) is 0.651. The summed E-state index contributed by atoms with van der Waals surface area (Å²) >= 11 is 1.76. The van der Waals surface area contributed by atoms with Crippen LogP contribution in [-0.2, 0) is 20.1 Å². The first-order valence-electron chi connectivity index (χ1n) is 7.18. The van der Waals surface area contributed by atoms with Gasteiger partial charge in [0.1, 0.15) is 0 Å². The summed E-state index contributed by atoms with van der Waals surface area (Å²) in [7, 11) is 7.78. The third kappa shape index (κ3) is 3.79. The molecule has 120 valence electrons. The van der Waals surface area contributed by atoms with Crippen LogP contribution in [0.3, 0.4) is 0 Å². The van der Waals surface area contributed by atoms with Crippen LogP contribution in [0.4, 0.5) is 5.95 Å². The van der Waals surface area contributed by atoms with Crippen molar-refractivity contribution in [3.8, 4) is 0 Å². The Morgan fingerprint density at radius 1 is 1.36 bits per heavy atom. The standard InChI is InChI=1S/C15H24N6S/c1-11-6-7-22-13(11)10-18-14(16-2)17-8-12-9-19-15(20(3)4)21(12)5/h6-7,9H,8,10H2,1-5H3,(H2,16,17,18). The molecular weight excluding hydrogens is 296 g/mol. The molecule has 0 amide bonds. The van der Waals surface area contributed by atoms with Crippen molar-refractivity contribution in [1.29, 1.82) is 0 Å². The molecule has 2 rings (SSSR count). The second kappa shape index (κ2) is 7.31. The first-order valence-corrected chi connectivity index (χ1v) is 8.06. The van der Waals surface area contributed by atoms with E-state index in [1.165, 1.54) is 10.4 Å². The van der Waals surface area contributed by atoms with Crippen molar-refractivity contribution < 1.29 is 0 Å². The molecular formula is C15H24N6S. The minimum Gasteiger partial charge on any atom is -0.352 e. The molecule has 7 heteroatoms. The Kier molecular flexibility index (Phi) is 5.43. The zero-order chi connectivity index (χ0) is 16.1. The third-order valence-corrected chi connectivity index (χ3v) is 4.53. The van der Waals surface area contributed by atoms with Crippen molar-refractivity contribution >= 4 is 23.2 Å². The van der Waals surface area contributed by atoms with Gasteiger partial charge in [-0.2, -0.15) is 0 Å². The second-order valence-electron chi connectivity index (χ2n) is 5.31. The predicted octanol–water partition coefficient (Wildman–Crippen LogP) is 1.72. The van der Waals surface area contributed by atoms with Crippen LogP contribution in [0, 0.1) is 6.92 Å². The Morgan fingerprint density at radius 2 is 2.09 bits per heavy atom. The Morgan fingerprint density at radius 3 is 2.64 bits per heavy atom. The normalized spacial score (nSPS) is 11.6. The van der Waals surface area contributed by atoms with Gasteiger partial charge in [-0.05, 0) is 23.9 Å². The zero-order valence-electron chi connectivity index (χ0n) is 13.8. The van der Waals surface area contributed by atoms with Crippen LogP contribution < -0.4 is 15.5 Å². The lowest BCUT2D eigenvalue weighted by molar-refractivity contribution is 0.745. The van der Waals surface area contributed by atoms with Crippen molar-refractivity contribution in [2.45, 2.75) is 20.0 Å². The SMILES string of the molecule is CN=C(NCc1sccc1C)NCc1cnc(N(C)C)n1C. The average Bonchev–Trinajstić information content (AvgIpc) is 3.06. The van der Waals surface area contributed by atoms with Gasteiger partial charge in [0.05, 0.1) is 25.0 Å². The highest BCUT2D eigenvalue weighted by atomic mass is 32.1. The van der Waals surface area contributed by atoms with Crippen molar-refractivity contribution in [3.63, 3.8) is 0 Å². The summed E-state index contributed by atoms with van der Waals surface area (Å²) in [5.74, 6) is 1.73. The van der Waals surface area contributed by atoms with E-state index in [1.54, 1.807) is 18.4 Å². The molecule has 0 radical (unpaired) electrons. The highest BCUT2D eigenvalue weighted by Crippen LogP contribution is 2.14. The van der Waals surface area contributed by atoms with E-state index >= 15 is 0 Å². The highest BCUT2D eigenvalue weighted by Gasteiger charge is 2.08. The Hall–Kier alpha value is -2.02. The number of guanidine groups is 1. The monoisotopic (exact) mass is 320 g/mol. The number of nitrogens with one attached hydrogen (secondary N) is 2. The molecule has 0 aromatic carbocycles. The highest BCUT2D eigenvalue weighted by molar-refractivity contribution is 7.10. The molecule has 0 fully saturated rings.